The Morgan fingerprint density at radius 3 is 1.50 bits per heavy atom. The number of hydrogen-bond donors (Lipinski definition) is 0. The van der Waals surface area contributed by atoms with E-state index in [1.807, 2.05) is 22.7 Å². The fraction of sp³-hybridized carbons (Fsp3) is 0. The number of thiophene rings is 2. The molecule has 2 heterocycles. The minimum absolute atomic E-state index is 1.18. The van der Waals surface area contributed by atoms with Crippen LogP contribution in [0.3, 0.4) is 0 Å². The van der Waals surface area contributed by atoms with Crippen molar-refractivity contribution >= 4 is 43.9 Å². The van der Waals surface area contributed by atoms with E-state index in [-0.39, 0.29) is 0 Å². The Morgan fingerprint density at radius 2 is 1.21 bits per heavy atom. The summed E-state index contributed by atoms with van der Waals surface area (Å²) in [5.74, 6) is 0. The van der Waals surface area contributed by atoms with Crippen molar-refractivity contribution in [3.63, 3.8) is 0 Å². The summed E-state index contributed by atoms with van der Waals surface area (Å²) in [4.78, 5) is 2.74. The van der Waals surface area contributed by atoms with E-state index >= 15 is 0 Å². The molecule has 2 aromatic heterocycles. The van der Waals surface area contributed by atoms with Crippen LogP contribution in [0.15, 0.2) is 24.3 Å². The Kier molecular flexibility index (Phi) is 5.25. The molecule has 0 amide bonds. The zero-order valence-electron chi connectivity index (χ0n) is 7.30. The van der Waals surface area contributed by atoms with Crippen LogP contribution in [0.1, 0.15) is 0 Å². The summed E-state index contributed by atoms with van der Waals surface area (Å²) in [6.07, 6.45) is 0. The number of hydrogen-bond acceptors (Lipinski definition) is 2. The molecule has 2 aromatic rings. The van der Waals surface area contributed by atoms with Crippen LogP contribution in [-0.2, 0) is 46.7 Å². The molecule has 0 saturated heterocycles. The van der Waals surface area contributed by atoms with Gasteiger partial charge in [0.05, 0.1) is 0 Å². The van der Waals surface area contributed by atoms with Gasteiger partial charge >= 0.3 is 125 Å². The van der Waals surface area contributed by atoms with Gasteiger partial charge in [-0.15, -0.1) is 0 Å². The predicted octanol–water partition coefficient (Wildman–Crippen LogP) is 3.20. The summed E-state index contributed by atoms with van der Waals surface area (Å²) in [5.41, 5.74) is 0. The van der Waals surface area contributed by atoms with Gasteiger partial charge in [-0.1, -0.05) is 0 Å². The van der Waals surface area contributed by atoms with Crippen molar-refractivity contribution in [2.45, 2.75) is 0 Å². The quantitative estimate of drug-likeness (QED) is 0.455. The molecular weight excluding hydrogens is 632 g/mol. The summed E-state index contributed by atoms with van der Waals surface area (Å²) in [5, 5.41) is 0. The molecule has 0 spiro atoms. The average molecular weight is 636 g/mol. The Labute approximate surface area is 122 Å². The Bertz CT molecular complexity index is 384. The maximum absolute atomic E-state index is 5.99. The van der Waals surface area contributed by atoms with Gasteiger partial charge in [-0.05, 0) is 0 Å². The summed E-state index contributed by atoms with van der Waals surface area (Å²) in [6, 6.07) is 8.78. The van der Waals surface area contributed by atoms with Crippen LogP contribution in [0.25, 0.3) is 9.75 Å². The van der Waals surface area contributed by atoms with E-state index in [4.69, 9.17) is 16.5 Å². The average Bonchev–Trinajstić information content (AvgIpc) is 2.86. The van der Waals surface area contributed by atoms with Crippen LogP contribution < -0.4 is 4.77 Å². The summed E-state index contributed by atoms with van der Waals surface area (Å²) in [7, 11) is 12.0. The molecule has 0 saturated carbocycles. The third kappa shape index (κ3) is 2.95. The van der Waals surface area contributed by atoms with Crippen molar-refractivity contribution in [1.29, 1.82) is 0 Å². The first-order chi connectivity index (χ1) is 6.83. The first kappa shape index (κ1) is 12.3. The summed E-state index contributed by atoms with van der Waals surface area (Å²) in [6.45, 7) is 0. The number of rotatable bonds is 3. The van der Waals surface area contributed by atoms with Gasteiger partial charge in [0, 0.05) is 0 Å². The molecule has 2 rings (SSSR count). The van der Waals surface area contributed by atoms with Gasteiger partial charge in [-0.3, -0.25) is 0 Å². The van der Waals surface area contributed by atoms with Crippen LogP contribution in [-0.4, -0.2) is 0 Å². The molecule has 0 bridgehead atoms. The Hall–Kier alpha value is 1.85. The Morgan fingerprint density at radius 1 is 0.786 bits per heavy atom. The second kappa shape index (κ2) is 5.97. The van der Waals surface area contributed by atoms with Crippen molar-refractivity contribution in [1.82, 2.24) is 0 Å². The molecule has 6 heteroatoms. The predicted molar refractivity (Wildman–Crippen MR) is 58.6 cm³/mol. The monoisotopic (exact) mass is 638 g/mol. The summed E-state index contributed by atoms with van der Waals surface area (Å²) < 4.78 is 2.90. The maximum atomic E-state index is 5.99. The molecule has 0 nitrogen and oxygen atoms in total. The van der Waals surface area contributed by atoms with Gasteiger partial charge in [-0.2, -0.15) is 0 Å². The van der Waals surface area contributed by atoms with Crippen molar-refractivity contribution in [2.24, 2.45) is 0 Å². The normalized spacial score (nSPS) is 9.57. The Balaban J connectivity index is 2.29. The second-order valence-electron chi connectivity index (χ2n) is 2.80. The molecule has 0 N–H and O–H groups in total. The zero-order chi connectivity index (χ0) is 9.97. The van der Waals surface area contributed by atoms with E-state index in [1.54, 1.807) is 0 Å². The molecule has 0 unspecified atom stereocenters. The van der Waals surface area contributed by atoms with Crippen LogP contribution in [0.4, 0.5) is 0 Å². The van der Waals surface area contributed by atoms with Crippen molar-refractivity contribution < 1.29 is 46.7 Å². The molecule has 0 atom stereocenters. The summed E-state index contributed by atoms with van der Waals surface area (Å²) >= 11 is 1.38. The van der Waals surface area contributed by atoms with Gasteiger partial charge < -0.3 is 0 Å². The molecule has 0 aliphatic carbocycles. The van der Waals surface area contributed by atoms with Crippen molar-refractivity contribution in [3.05, 3.63) is 24.3 Å². The first-order valence-corrected chi connectivity index (χ1v) is 24.8. The van der Waals surface area contributed by atoms with Gasteiger partial charge in [0.25, 0.3) is 0 Å². The van der Waals surface area contributed by atoms with E-state index in [2.05, 4.69) is 24.3 Å². The SMILES string of the molecule is [Cl][Hg][c]1ccc(-c2cc[c]([Hg][Cl])s2)s1. The van der Waals surface area contributed by atoms with Crippen LogP contribution in [0.2, 0.25) is 0 Å². The first-order valence-electron chi connectivity index (χ1n) is 4.13. The van der Waals surface area contributed by atoms with Crippen LogP contribution >= 0.6 is 39.2 Å². The molecular formula is C8H4Cl2Hg2S2. The molecule has 66 valence electrons. The standard InChI is InChI=1S/C8H4S2.2ClH.2Hg/c1-3-7(9-5-1)8-4-2-6-10-8;;;;/h1-4H;2*1H;;/q;;;2*+1/p-2. The van der Waals surface area contributed by atoms with Gasteiger partial charge in [0.2, 0.25) is 0 Å². The van der Waals surface area contributed by atoms with E-state index in [1.165, 1.54) is 14.5 Å². The third-order valence-corrected chi connectivity index (χ3v) is 21.5. The number of halogens is 2. The molecule has 0 fully saturated rings. The van der Waals surface area contributed by atoms with Crippen molar-refractivity contribution in [3.8, 4) is 9.75 Å². The van der Waals surface area contributed by atoms with Gasteiger partial charge in [0.1, 0.15) is 0 Å². The minimum atomic E-state index is -1.18. The van der Waals surface area contributed by atoms with E-state index in [0.717, 1.165) is 0 Å². The van der Waals surface area contributed by atoms with Crippen LogP contribution in [0, 0.1) is 0 Å². The fourth-order valence-corrected chi connectivity index (χ4v) is 13.9. The van der Waals surface area contributed by atoms with E-state index in [9.17, 15) is 0 Å². The molecule has 0 aromatic carbocycles. The fourth-order valence-electron chi connectivity index (χ4n) is 1.16. The van der Waals surface area contributed by atoms with E-state index < -0.39 is 46.7 Å². The molecule has 14 heavy (non-hydrogen) atoms. The zero-order valence-corrected chi connectivity index (χ0v) is 21.4. The molecule has 0 aliphatic heterocycles. The topological polar surface area (TPSA) is 0 Å². The molecule has 0 aliphatic rings. The van der Waals surface area contributed by atoms with E-state index in [0.29, 0.717) is 0 Å². The third-order valence-electron chi connectivity index (χ3n) is 1.83. The van der Waals surface area contributed by atoms with Gasteiger partial charge in [0.15, 0.2) is 0 Å². The molecule has 0 radical (unpaired) electrons. The van der Waals surface area contributed by atoms with Crippen molar-refractivity contribution in [2.75, 3.05) is 0 Å². The van der Waals surface area contributed by atoms with Gasteiger partial charge in [-0.25, -0.2) is 0 Å². The second-order valence-corrected chi connectivity index (χ2v) is 21.8. The van der Waals surface area contributed by atoms with Crippen LogP contribution in [0.5, 0.6) is 0 Å².